The highest BCUT2D eigenvalue weighted by atomic mass is 32.2. The molecule has 0 N–H and O–H groups in total. The van der Waals surface area contributed by atoms with Crippen LogP contribution in [0.3, 0.4) is 0 Å². The van der Waals surface area contributed by atoms with Crippen molar-refractivity contribution < 1.29 is 13.3 Å². The fourth-order valence-corrected chi connectivity index (χ4v) is 3.18. The van der Waals surface area contributed by atoms with Gasteiger partial charge in [0.05, 0.1) is 10.2 Å². The molecule has 86 valence electrons. The van der Waals surface area contributed by atoms with E-state index in [1.165, 1.54) is 18.4 Å². The molecular formula is C10H11NO4S. The second-order valence-corrected chi connectivity index (χ2v) is 6.33. The number of nitrogens with zero attached hydrogens (tertiary/aromatic N) is 1. The molecule has 0 aromatic heterocycles. The van der Waals surface area contributed by atoms with Crippen LogP contribution in [0, 0.1) is 10.1 Å². The molecule has 2 rings (SSSR count). The normalized spacial score (nSPS) is 24.1. The molecule has 2 atom stereocenters. The lowest BCUT2D eigenvalue weighted by molar-refractivity contribution is -0.384. The van der Waals surface area contributed by atoms with Gasteiger partial charge in [-0.1, -0.05) is 12.1 Å². The Morgan fingerprint density at radius 2 is 2.12 bits per heavy atom. The van der Waals surface area contributed by atoms with E-state index in [9.17, 15) is 18.5 Å². The van der Waals surface area contributed by atoms with Gasteiger partial charge in [0.2, 0.25) is 0 Å². The van der Waals surface area contributed by atoms with Crippen molar-refractivity contribution in [1.82, 2.24) is 0 Å². The Kier molecular flexibility index (Phi) is 2.46. The molecule has 0 heterocycles. The highest BCUT2D eigenvalue weighted by Crippen LogP contribution is 2.46. The van der Waals surface area contributed by atoms with Crippen LogP contribution in [0.1, 0.15) is 17.9 Å². The molecular weight excluding hydrogens is 230 g/mol. The minimum absolute atomic E-state index is 0.0108. The topological polar surface area (TPSA) is 77.3 Å². The Morgan fingerprint density at radius 3 is 2.62 bits per heavy atom. The van der Waals surface area contributed by atoms with Gasteiger partial charge in [-0.3, -0.25) is 10.1 Å². The van der Waals surface area contributed by atoms with Crippen molar-refractivity contribution >= 4 is 15.5 Å². The van der Waals surface area contributed by atoms with E-state index in [1.807, 2.05) is 0 Å². The van der Waals surface area contributed by atoms with Crippen LogP contribution in [-0.4, -0.2) is 24.8 Å². The first-order valence-electron chi connectivity index (χ1n) is 4.83. The zero-order valence-electron chi connectivity index (χ0n) is 8.66. The molecule has 1 aromatic carbocycles. The molecule has 1 fully saturated rings. The van der Waals surface area contributed by atoms with Crippen LogP contribution in [0.15, 0.2) is 24.3 Å². The van der Waals surface area contributed by atoms with Gasteiger partial charge < -0.3 is 0 Å². The predicted molar refractivity (Wildman–Crippen MR) is 59.1 cm³/mol. The van der Waals surface area contributed by atoms with Gasteiger partial charge in [0.1, 0.15) is 0 Å². The molecule has 0 spiro atoms. The van der Waals surface area contributed by atoms with Gasteiger partial charge in [-0.15, -0.1) is 0 Å². The standard InChI is InChI=1S/C10H11NO4S/c1-16(14,15)10-6-9(10)7-3-2-4-8(5-7)11(12)13/h2-5,9-10H,6H2,1H3/t9-,10+/m0/s1. The molecule has 0 aliphatic heterocycles. The average molecular weight is 241 g/mol. The van der Waals surface area contributed by atoms with Crippen molar-refractivity contribution in [1.29, 1.82) is 0 Å². The number of nitro benzene ring substituents is 1. The van der Waals surface area contributed by atoms with Crippen LogP contribution >= 0.6 is 0 Å². The summed E-state index contributed by atoms with van der Waals surface area (Å²) in [7, 11) is -3.03. The van der Waals surface area contributed by atoms with E-state index in [4.69, 9.17) is 0 Å². The number of sulfone groups is 1. The molecule has 16 heavy (non-hydrogen) atoms. The zero-order chi connectivity index (χ0) is 11.9. The lowest BCUT2D eigenvalue weighted by Gasteiger charge is -1.99. The highest BCUT2D eigenvalue weighted by Gasteiger charge is 2.46. The van der Waals surface area contributed by atoms with Crippen molar-refractivity contribution in [3.05, 3.63) is 39.9 Å². The van der Waals surface area contributed by atoms with Crippen molar-refractivity contribution in [3.63, 3.8) is 0 Å². The van der Waals surface area contributed by atoms with Gasteiger partial charge in [-0.05, 0) is 12.0 Å². The minimum Gasteiger partial charge on any atom is -0.258 e. The van der Waals surface area contributed by atoms with Gasteiger partial charge in [0.25, 0.3) is 5.69 Å². The van der Waals surface area contributed by atoms with E-state index in [1.54, 1.807) is 12.1 Å². The molecule has 0 saturated heterocycles. The monoisotopic (exact) mass is 241 g/mol. The number of rotatable bonds is 3. The SMILES string of the molecule is CS(=O)(=O)[C@@H]1C[C@H]1c1cccc([N+](=O)[O-])c1. The van der Waals surface area contributed by atoms with E-state index < -0.39 is 14.8 Å². The maximum Gasteiger partial charge on any atom is 0.269 e. The Balaban J connectivity index is 2.25. The lowest BCUT2D eigenvalue weighted by Crippen LogP contribution is -2.05. The molecule has 0 amide bonds. The maximum absolute atomic E-state index is 11.3. The summed E-state index contributed by atoms with van der Waals surface area (Å²) in [5.74, 6) is -0.0742. The molecule has 1 aliphatic carbocycles. The van der Waals surface area contributed by atoms with Crippen molar-refractivity contribution in [2.75, 3.05) is 6.26 Å². The molecule has 1 saturated carbocycles. The molecule has 5 nitrogen and oxygen atoms in total. The van der Waals surface area contributed by atoms with E-state index in [0.29, 0.717) is 6.42 Å². The third kappa shape index (κ3) is 2.06. The second kappa shape index (κ2) is 3.55. The summed E-state index contributed by atoms with van der Waals surface area (Å²) in [5, 5.41) is 10.2. The minimum atomic E-state index is -3.03. The van der Waals surface area contributed by atoms with E-state index in [-0.39, 0.29) is 16.9 Å². The van der Waals surface area contributed by atoms with Crippen LogP contribution in [-0.2, 0) is 9.84 Å². The summed E-state index contributed by atoms with van der Waals surface area (Å²) >= 11 is 0. The Hall–Kier alpha value is -1.43. The highest BCUT2D eigenvalue weighted by molar-refractivity contribution is 7.91. The Labute approximate surface area is 93.2 Å². The molecule has 1 aliphatic rings. The van der Waals surface area contributed by atoms with Gasteiger partial charge in [0, 0.05) is 24.3 Å². The number of hydrogen-bond donors (Lipinski definition) is 0. The number of benzene rings is 1. The van der Waals surface area contributed by atoms with Gasteiger partial charge in [-0.25, -0.2) is 8.42 Å². The van der Waals surface area contributed by atoms with E-state index in [2.05, 4.69) is 0 Å². The van der Waals surface area contributed by atoms with E-state index >= 15 is 0 Å². The van der Waals surface area contributed by atoms with Gasteiger partial charge in [-0.2, -0.15) is 0 Å². The van der Waals surface area contributed by atoms with Crippen molar-refractivity contribution in [3.8, 4) is 0 Å². The molecule has 0 radical (unpaired) electrons. The largest absolute Gasteiger partial charge is 0.269 e. The number of hydrogen-bond acceptors (Lipinski definition) is 4. The summed E-state index contributed by atoms with van der Waals surface area (Å²) in [5.41, 5.74) is 0.751. The van der Waals surface area contributed by atoms with Crippen molar-refractivity contribution in [2.24, 2.45) is 0 Å². The van der Waals surface area contributed by atoms with Crippen LogP contribution < -0.4 is 0 Å². The molecule has 0 bridgehead atoms. The predicted octanol–water partition coefficient (Wildman–Crippen LogP) is 1.50. The second-order valence-electron chi connectivity index (χ2n) is 4.06. The first kappa shape index (κ1) is 11.1. The number of non-ortho nitro benzene ring substituents is 1. The summed E-state index contributed by atoms with van der Waals surface area (Å²) < 4.78 is 22.5. The van der Waals surface area contributed by atoms with E-state index in [0.717, 1.165) is 5.56 Å². The number of nitro groups is 1. The average Bonchev–Trinajstić information content (AvgIpc) is 2.96. The summed E-state index contributed by atoms with van der Waals surface area (Å²) in [6.07, 6.45) is 1.77. The smallest absolute Gasteiger partial charge is 0.258 e. The Morgan fingerprint density at radius 1 is 1.44 bits per heavy atom. The fourth-order valence-electron chi connectivity index (χ4n) is 1.86. The summed E-state index contributed by atoms with van der Waals surface area (Å²) in [6.45, 7) is 0. The van der Waals surface area contributed by atoms with Crippen LogP contribution in [0.2, 0.25) is 0 Å². The van der Waals surface area contributed by atoms with Gasteiger partial charge >= 0.3 is 0 Å². The zero-order valence-corrected chi connectivity index (χ0v) is 9.48. The van der Waals surface area contributed by atoms with Gasteiger partial charge in [0.15, 0.2) is 9.84 Å². The quantitative estimate of drug-likeness (QED) is 0.593. The molecule has 6 heteroatoms. The third-order valence-electron chi connectivity index (χ3n) is 2.79. The third-order valence-corrected chi connectivity index (χ3v) is 4.41. The fraction of sp³-hybridized carbons (Fsp3) is 0.400. The first-order valence-corrected chi connectivity index (χ1v) is 6.78. The van der Waals surface area contributed by atoms with Crippen LogP contribution in [0.5, 0.6) is 0 Å². The molecule has 0 unspecified atom stereocenters. The summed E-state index contributed by atoms with van der Waals surface area (Å²) in [4.78, 5) is 10.1. The van der Waals surface area contributed by atoms with Crippen molar-refractivity contribution in [2.45, 2.75) is 17.6 Å². The van der Waals surface area contributed by atoms with Crippen LogP contribution in [0.4, 0.5) is 5.69 Å². The summed E-state index contributed by atoms with van der Waals surface area (Å²) in [6, 6.07) is 6.19. The Bertz CT molecular complexity index is 538. The lowest BCUT2D eigenvalue weighted by atomic mass is 10.1. The molecule has 1 aromatic rings. The first-order chi connectivity index (χ1) is 7.39. The van der Waals surface area contributed by atoms with Crippen LogP contribution in [0.25, 0.3) is 0 Å². The maximum atomic E-state index is 11.3.